The predicted molar refractivity (Wildman–Crippen MR) is 73.0 cm³/mol. The fourth-order valence-electron chi connectivity index (χ4n) is 1.66. The molecule has 2 heterocycles. The fourth-order valence-corrected chi connectivity index (χ4v) is 2.26. The van der Waals surface area contributed by atoms with Gasteiger partial charge in [0.15, 0.2) is 11.0 Å². The van der Waals surface area contributed by atoms with E-state index in [-0.39, 0.29) is 0 Å². The number of nitrogen functional groups attached to an aromatic ring is 1. The highest BCUT2D eigenvalue weighted by molar-refractivity contribution is 7.13. The van der Waals surface area contributed by atoms with E-state index in [4.69, 9.17) is 15.0 Å². The summed E-state index contributed by atoms with van der Waals surface area (Å²) in [7, 11) is 0. The molecule has 0 saturated carbocycles. The molecule has 0 aliphatic heterocycles. The second-order valence-corrected chi connectivity index (χ2v) is 4.97. The fraction of sp³-hybridized carbons (Fsp3) is 0.583. The van der Waals surface area contributed by atoms with Crippen molar-refractivity contribution in [1.29, 1.82) is 0 Å². The average molecular weight is 282 g/mol. The first-order valence-electron chi connectivity index (χ1n) is 6.37. The van der Waals surface area contributed by atoms with E-state index in [1.54, 1.807) is 0 Å². The summed E-state index contributed by atoms with van der Waals surface area (Å²) in [5.74, 6) is 1.39. The van der Waals surface area contributed by atoms with E-state index in [2.05, 4.69) is 15.1 Å². The molecule has 2 N–H and O–H groups in total. The van der Waals surface area contributed by atoms with E-state index in [1.807, 2.05) is 12.3 Å². The molecule has 0 aromatic carbocycles. The number of rotatable bonds is 8. The molecule has 0 atom stereocenters. The van der Waals surface area contributed by atoms with Gasteiger partial charge in [0.2, 0.25) is 5.89 Å². The van der Waals surface area contributed by atoms with Gasteiger partial charge in [-0.15, -0.1) is 11.3 Å². The maximum Gasteiger partial charge on any atom is 0.226 e. The summed E-state index contributed by atoms with van der Waals surface area (Å²) < 4.78 is 10.4. The first kappa shape index (κ1) is 14.0. The number of hydrogen-bond donors (Lipinski definition) is 1. The molecule has 0 radical (unpaired) electrons. The maximum absolute atomic E-state index is 5.58. The van der Waals surface area contributed by atoms with Gasteiger partial charge in [-0.1, -0.05) is 5.16 Å². The monoisotopic (exact) mass is 282 g/mol. The third-order valence-corrected chi connectivity index (χ3v) is 3.30. The molecule has 2 aromatic heterocycles. The Kier molecular flexibility index (Phi) is 5.29. The second-order valence-electron chi connectivity index (χ2n) is 4.08. The van der Waals surface area contributed by atoms with Crippen LogP contribution in [0.2, 0.25) is 0 Å². The minimum Gasteiger partial charge on any atom is -0.381 e. The lowest BCUT2D eigenvalue weighted by molar-refractivity contribution is 0.149. The molecule has 19 heavy (non-hydrogen) atoms. The smallest absolute Gasteiger partial charge is 0.226 e. The van der Waals surface area contributed by atoms with Gasteiger partial charge >= 0.3 is 0 Å². The van der Waals surface area contributed by atoms with Crippen LogP contribution in [0.5, 0.6) is 0 Å². The Labute approximate surface area is 116 Å². The first-order valence-corrected chi connectivity index (χ1v) is 7.25. The molecule has 7 heteroatoms. The van der Waals surface area contributed by atoms with Crippen LogP contribution in [0, 0.1) is 0 Å². The van der Waals surface area contributed by atoms with Crippen LogP contribution >= 0.6 is 11.3 Å². The van der Waals surface area contributed by atoms with Gasteiger partial charge in [-0.25, -0.2) is 4.98 Å². The molecular weight excluding hydrogens is 264 g/mol. The highest BCUT2D eigenvalue weighted by atomic mass is 32.1. The van der Waals surface area contributed by atoms with E-state index in [0.717, 1.165) is 25.0 Å². The number of nitrogens with two attached hydrogens (primary N) is 1. The van der Waals surface area contributed by atoms with Gasteiger partial charge in [-0.2, -0.15) is 4.98 Å². The van der Waals surface area contributed by atoms with Gasteiger partial charge < -0.3 is 15.0 Å². The van der Waals surface area contributed by atoms with Crippen molar-refractivity contribution in [3.8, 4) is 0 Å². The number of thiazole rings is 1. The Bertz CT molecular complexity index is 497. The molecule has 2 rings (SSSR count). The largest absolute Gasteiger partial charge is 0.381 e. The van der Waals surface area contributed by atoms with Crippen molar-refractivity contribution >= 4 is 16.5 Å². The molecular formula is C12H18N4O2S. The van der Waals surface area contributed by atoms with E-state index in [0.29, 0.717) is 36.5 Å². The Hall–Kier alpha value is -1.47. The van der Waals surface area contributed by atoms with Crippen molar-refractivity contribution < 1.29 is 9.26 Å². The van der Waals surface area contributed by atoms with Crippen LogP contribution in [0.1, 0.15) is 30.8 Å². The zero-order valence-corrected chi connectivity index (χ0v) is 11.8. The summed E-state index contributed by atoms with van der Waals surface area (Å²) >= 11 is 1.47. The molecule has 2 aromatic rings. The van der Waals surface area contributed by atoms with E-state index < -0.39 is 0 Å². The third kappa shape index (κ3) is 4.60. The zero-order valence-electron chi connectivity index (χ0n) is 11.0. The summed E-state index contributed by atoms with van der Waals surface area (Å²) in [6.45, 7) is 3.31. The number of nitrogens with zero attached hydrogens (tertiary/aromatic N) is 3. The molecule has 0 aliphatic rings. The van der Waals surface area contributed by atoms with Crippen LogP contribution in [0.3, 0.4) is 0 Å². The topological polar surface area (TPSA) is 87.1 Å². The van der Waals surface area contributed by atoms with Crippen molar-refractivity contribution in [2.45, 2.75) is 32.6 Å². The van der Waals surface area contributed by atoms with Crippen LogP contribution < -0.4 is 5.73 Å². The van der Waals surface area contributed by atoms with E-state index in [9.17, 15) is 0 Å². The second kappa shape index (κ2) is 7.20. The number of aryl methyl sites for hydroxylation is 2. The number of hydrogen-bond acceptors (Lipinski definition) is 7. The lowest BCUT2D eigenvalue weighted by Gasteiger charge is -1.95. The molecule has 0 amide bonds. The van der Waals surface area contributed by atoms with Gasteiger partial charge in [-0.05, 0) is 19.8 Å². The molecule has 0 saturated heterocycles. The zero-order chi connectivity index (χ0) is 13.5. The van der Waals surface area contributed by atoms with Gasteiger partial charge in [0.25, 0.3) is 0 Å². The van der Waals surface area contributed by atoms with Crippen LogP contribution in [-0.2, 0) is 24.0 Å². The van der Waals surface area contributed by atoms with Gasteiger partial charge in [-0.3, -0.25) is 0 Å². The Balaban J connectivity index is 1.71. The molecule has 0 unspecified atom stereocenters. The van der Waals surface area contributed by atoms with Crippen LogP contribution in [0.15, 0.2) is 9.90 Å². The average Bonchev–Trinajstić information content (AvgIpc) is 3.00. The summed E-state index contributed by atoms with van der Waals surface area (Å²) in [6, 6.07) is 0. The summed E-state index contributed by atoms with van der Waals surface area (Å²) in [6.07, 6.45) is 3.26. The molecule has 6 nitrogen and oxygen atoms in total. The molecule has 0 fully saturated rings. The van der Waals surface area contributed by atoms with E-state index >= 15 is 0 Å². The number of ether oxygens (including phenoxy) is 1. The molecule has 0 bridgehead atoms. The third-order valence-electron chi connectivity index (χ3n) is 2.58. The molecule has 0 aliphatic carbocycles. The van der Waals surface area contributed by atoms with Crippen molar-refractivity contribution in [2.24, 2.45) is 0 Å². The van der Waals surface area contributed by atoms with Crippen LogP contribution in [0.4, 0.5) is 5.13 Å². The van der Waals surface area contributed by atoms with E-state index in [1.165, 1.54) is 11.3 Å². The van der Waals surface area contributed by atoms with Crippen LogP contribution in [0.25, 0.3) is 0 Å². The number of aromatic nitrogens is 3. The van der Waals surface area contributed by atoms with Gasteiger partial charge in [0.05, 0.1) is 12.3 Å². The first-order chi connectivity index (χ1) is 9.28. The SMILES string of the molecule is CCOCCc1noc(CCCc2csc(N)n2)n1. The minimum absolute atomic E-state index is 0.617. The lowest BCUT2D eigenvalue weighted by Crippen LogP contribution is -1.99. The molecule has 0 spiro atoms. The summed E-state index contributed by atoms with van der Waals surface area (Å²) in [4.78, 5) is 8.53. The Morgan fingerprint density at radius 1 is 1.32 bits per heavy atom. The lowest BCUT2D eigenvalue weighted by atomic mass is 10.2. The minimum atomic E-state index is 0.617. The highest BCUT2D eigenvalue weighted by Crippen LogP contribution is 2.13. The van der Waals surface area contributed by atoms with Gasteiger partial charge in [0, 0.05) is 24.8 Å². The predicted octanol–water partition coefficient (Wildman–Crippen LogP) is 1.86. The van der Waals surface area contributed by atoms with Crippen molar-refractivity contribution in [3.05, 3.63) is 22.8 Å². The summed E-state index contributed by atoms with van der Waals surface area (Å²) in [5.41, 5.74) is 6.60. The maximum atomic E-state index is 5.58. The normalized spacial score (nSPS) is 11.0. The van der Waals surface area contributed by atoms with Crippen molar-refractivity contribution in [3.63, 3.8) is 0 Å². The Morgan fingerprint density at radius 2 is 2.21 bits per heavy atom. The molecule has 104 valence electrons. The Morgan fingerprint density at radius 3 is 2.95 bits per heavy atom. The quantitative estimate of drug-likeness (QED) is 0.744. The van der Waals surface area contributed by atoms with Crippen molar-refractivity contribution in [1.82, 2.24) is 15.1 Å². The van der Waals surface area contributed by atoms with Crippen molar-refractivity contribution in [2.75, 3.05) is 18.9 Å². The van der Waals surface area contributed by atoms with Gasteiger partial charge in [0.1, 0.15) is 0 Å². The standard InChI is InChI=1S/C12H18N4O2S/c1-2-17-7-6-10-15-11(18-16-10)5-3-4-9-8-19-12(13)14-9/h8H,2-7H2,1H3,(H2,13,14). The summed E-state index contributed by atoms with van der Waals surface area (Å²) in [5, 5.41) is 6.52. The highest BCUT2D eigenvalue weighted by Gasteiger charge is 2.07. The number of anilines is 1. The van der Waals surface area contributed by atoms with Crippen LogP contribution in [-0.4, -0.2) is 28.3 Å².